The van der Waals surface area contributed by atoms with Crippen LogP contribution in [0.4, 0.5) is 4.79 Å². The maximum absolute atomic E-state index is 12.8. The van der Waals surface area contributed by atoms with Crippen LogP contribution in [0.1, 0.15) is 42.6 Å². The minimum Gasteiger partial charge on any atom is -0.493 e. The van der Waals surface area contributed by atoms with E-state index in [1.54, 1.807) is 14.2 Å². The van der Waals surface area contributed by atoms with Gasteiger partial charge in [0.1, 0.15) is 0 Å². The van der Waals surface area contributed by atoms with Crippen LogP contribution in [0, 0.1) is 0 Å². The number of hydrogen-bond donors (Lipinski definition) is 1. The molecule has 2 atom stereocenters. The van der Waals surface area contributed by atoms with Crippen LogP contribution < -0.4 is 14.8 Å². The second-order valence-electron chi connectivity index (χ2n) is 6.61. The van der Waals surface area contributed by atoms with Gasteiger partial charge in [0.2, 0.25) is 0 Å². The molecule has 0 aromatic heterocycles. The van der Waals surface area contributed by atoms with Crippen LogP contribution in [0.3, 0.4) is 0 Å². The van der Waals surface area contributed by atoms with Crippen LogP contribution in [0.2, 0.25) is 0 Å². The van der Waals surface area contributed by atoms with Gasteiger partial charge in [-0.15, -0.1) is 0 Å². The van der Waals surface area contributed by atoms with Gasteiger partial charge in [-0.3, -0.25) is 0 Å². The van der Waals surface area contributed by atoms with Crippen LogP contribution in [0.5, 0.6) is 11.5 Å². The largest absolute Gasteiger partial charge is 0.493 e. The third kappa shape index (κ3) is 3.47. The number of rotatable bonds is 4. The van der Waals surface area contributed by atoms with E-state index in [0.717, 1.165) is 23.3 Å². The maximum Gasteiger partial charge on any atom is 0.318 e. The Hall–Kier alpha value is -2.69. The van der Waals surface area contributed by atoms with Crippen molar-refractivity contribution in [3.05, 3.63) is 59.2 Å². The first kappa shape index (κ1) is 18.1. The molecule has 0 aliphatic carbocycles. The fourth-order valence-corrected chi connectivity index (χ4v) is 3.52. The molecule has 0 radical (unpaired) electrons. The monoisotopic (exact) mass is 354 g/mol. The molecule has 138 valence electrons. The molecule has 5 nitrogen and oxygen atoms in total. The normalized spacial score (nSPS) is 17.2. The van der Waals surface area contributed by atoms with Crippen LogP contribution in [-0.2, 0) is 6.42 Å². The van der Waals surface area contributed by atoms with Crippen molar-refractivity contribution in [3.8, 4) is 11.5 Å². The number of nitrogens with one attached hydrogen (secondary N) is 1. The van der Waals surface area contributed by atoms with Crippen LogP contribution in [0.15, 0.2) is 42.5 Å². The van der Waals surface area contributed by atoms with Crippen LogP contribution >= 0.6 is 0 Å². The number of amides is 2. The lowest BCUT2D eigenvalue weighted by Gasteiger charge is -2.36. The van der Waals surface area contributed by atoms with E-state index in [9.17, 15) is 4.79 Å². The molecule has 0 saturated heterocycles. The summed E-state index contributed by atoms with van der Waals surface area (Å²) in [5.41, 5.74) is 3.41. The first-order valence-corrected chi connectivity index (χ1v) is 8.92. The summed E-state index contributed by atoms with van der Waals surface area (Å²) >= 11 is 0. The van der Waals surface area contributed by atoms with E-state index in [4.69, 9.17) is 9.47 Å². The van der Waals surface area contributed by atoms with E-state index in [1.807, 2.05) is 54.3 Å². The number of carbonyl (C=O) groups is 1. The standard InChI is InChI=1S/C21H26N2O3/c1-14(16-8-6-5-7-9-16)22-21(24)23-11-10-17-12-19(25-3)20(26-4)13-18(17)15(23)2/h5-9,12-15H,10-11H2,1-4H3,(H,22,24)/t14-,15+/m1/s1. The summed E-state index contributed by atoms with van der Waals surface area (Å²) in [6.45, 7) is 4.73. The zero-order valence-corrected chi connectivity index (χ0v) is 15.8. The molecule has 1 N–H and O–H groups in total. The number of urea groups is 1. The van der Waals surface area contributed by atoms with E-state index in [-0.39, 0.29) is 18.1 Å². The first-order valence-electron chi connectivity index (χ1n) is 8.92. The lowest BCUT2D eigenvalue weighted by molar-refractivity contribution is 0.171. The topological polar surface area (TPSA) is 50.8 Å². The molecule has 26 heavy (non-hydrogen) atoms. The average molecular weight is 354 g/mol. The summed E-state index contributed by atoms with van der Waals surface area (Å²) in [6.07, 6.45) is 0.799. The van der Waals surface area contributed by atoms with E-state index in [0.29, 0.717) is 12.3 Å². The highest BCUT2D eigenvalue weighted by atomic mass is 16.5. The fraction of sp³-hybridized carbons (Fsp3) is 0.381. The molecule has 1 aliphatic heterocycles. The van der Waals surface area contributed by atoms with Gasteiger partial charge in [-0.05, 0) is 49.1 Å². The highest BCUT2D eigenvalue weighted by Gasteiger charge is 2.29. The van der Waals surface area contributed by atoms with E-state index >= 15 is 0 Å². The predicted octanol–water partition coefficient (Wildman–Crippen LogP) is 4.09. The Morgan fingerprint density at radius 2 is 1.81 bits per heavy atom. The van der Waals surface area contributed by atoms with Gasteiger partial charge in [0, 0.05) is 6.54 Å². The maximum atomic E-state index is 12.8. The van der Waals surface area contributed by atoms with Gasteiger partial charge in [0.05, 0.1) is 26.3 Å². The van der Waals surface area contributed by atoms with Crippen molar-refractivity contribution in [2.75, 3.05) is 20.8 Å². The van der Waals surface area contributed by atoms with E-state index in [1.165, 1.54) is 5.56 Å². The predicted molar refractivity (Wildman–Crippen MR) is 102 cm³/mol. The average Bonchev–Trinajstić information content (AvgIpc) is 2.67. The van der Waals surface area contributed by atoms with Crippen molar-refractivity contribution in [1.29, 1.82) is 0 Å². The van der Waals surface area contributed by atoms with E-state index < -0.39 is 0 Å². The van der Waals surface area contributed by atoms with Gasteiger partial charge in [0.15, 0.2) is 11.5 Å². The Kier molecular flexibility index (Phi) is 5.35. The minimum absolute atomic E-state index is 0.0264. The Morgan fingerprint density at radius 3 is 2.46 bits per heavy atom. The number of hydrogen-bond acceptors (Lipinski definition) is 3. The quantitative estimate of drug-likeness (QED) is 0.899. The van der Waals surface area contributed by atoms with Crippen LogP contribution in [-0.4, -0.2) is 31.7 Å². The van der Waals surface area contributed by atoms with Gasteiger partial charge in [-0.1, -0.05) is 30.3 Å². The number of carbonyl (C=O) groups excluding carboxylic acids is 1. The van der Waals surface area contributed by atoms with Crippen molar-refractivity contribution in [2.45, 2.75) is 32.4 Å². The molecular weight excluding hydrogens is 328 g/mol. The zero-order chi connectivity index (χ0) is 18.7. The third-order valence-corrected chi connectivity index (χ3v) is 5.09. The number of ether oxygens (including phenoxy) is 2. The Bertz CT molecular complexity index is 776. The Labute approximate surface area is 154 Å². The number of methoxy groups -OCH3 is 2. The third-order valence-electron chi connectivity index (χ3n) is 5.09. The highest BCUT2D eigenvalue weighted by molar-refractivity contribution is 5.76. The first-order chi connectivity index (χ1) is 12.5. The summed E-state index contributed by atoms with van der Waals surface area (Å²) in [6, 6.07) is 13.9. The second-order valence-corrected chi connectivity index (χ2v) is 6.61. The SMILES string of the molecule is COc1cc2c(cc1OC)[C@H](C)N(C(=O)N[C@H](C)c1ccccc1)CC2. The molecule has 0 fully saturated rings. The molecule has 1 aliphatic rings. The molecule has 0 spiro atoms. The van der Waals surface area contributed by atoms with Gasteiger partial charge in [0.25, 0.3) is 0 Å². The van der Waals surface area contributed by atoms with Crippen molar-refractivity contribution in [2.24, 2.45) is 0 Å². The molecule has 5 heteroatoms. The number of benzene rings is 2. The Balaban J connectivity index is 1.78. The minimum atomic E-state index is -0.0470. The summed E-state index contributed by atoms with van der Waals surface area (Å²) in [5, 5.41) is 3.11. The molecular formula is C21H26N2O3. The lowest BCUT2D eigenvalue weighted by atomic mass is 9.93. The molecule has 1 heterocycles. The summed E-state index contributed by atoms with van der Waals surface area (Å²) in [4.78, 5) is 14.7. The fourth-order valence-electron chi connectivity index (χ4n) is 3.52. The van der Waals surface area contributed by atoms with E-state index in [2.05, 4.69) is 12.2 Å². The molecule has 0 saturated carbocycles. The van der Waals surface area contributed by atoms with Crippen molar-refractivity contribution >= 4 is 6.03 Å². The molecule has 0 unspecified atom stereocenters. The van der Waals surface area contributed by atoms with Crippen molar-refractivity contribution in [3.63, 3.8) is 0 Å². The van der Waals surface area contributed by atoms with Gasteiger partial charge in [-0.2, -0.15) is 0 Å². The second kappa shape index (κ2) is 7.68. The summed E-state index contributed by atoms with van der Waals surface area (Å²) < 4.78 is 10.8. The molecule has 3 rings (SSSR count). The smallest absolute Gasteiger partial charge is 0.318 e. The highest BCUT2D eigenvalue weighted by Crippen LogP contribution is 2.37. The number of fused-ring (bicyclic) bond motifs is 1. The molecule has 2 aromatic rings. The molecule has 0 bridgehead atoms. The van der Waals surface area contributed by atoms with Gasteiger partial charge in [-0.25, -0.2) is 4.79 Å². The van der Waals surface area contributed by atoms with Crippen LogP contribution in [0.25, 0.3) is 0 Å². The summed E-state index contributed by atoms with van der Waals surface area (Å²) in [7, 11) is 3.27. The molecule has 2 amide bonds. The molecule has 2 aromatic carbocycles. The van der Waals surface area contributed by atoms with Gasteiger partial charge < -0.3 is 19.7 Å². The summed E-state index contributed by atoms with van der Waals surface area (Å²) in [5.74, 6) is 1.42. The number of nitrogens with zero attached hydrogens (tertiary/aromatic N) is 1. The lowest BCUT2D eigenvalue weighted by Crippen LogP contribution is -2.45. The zero-order valence-electron chi connectivity index (χ0n) is 15.8. The Morgan fingerprint density at radius 1 is 1.15 bits per heavy atom. The van der Waals surface area contributed by atoms with Gasteiger partial charge >= 0.3 is 6.03 Å². The van der Waals surface area contributed by atoms with Crippen molar-refractivity contribution in [1.82, 2.24) is 10.2 Å². The van der Waals surface area contributed by atoms with Crippen molar-refractivity contribution < 1.29 is 14.3 Å².